The van der Waals surface area contributed by atoms with Gasteiger partial charge in [0.25, 0.3) is 5.56 Å². The molecule has 0 saturated carbocycles. The Kier molecular flexibility index (Phi) is 6.21. The Balaban J connectivity index is 1.64. The maximum atomic E-state index is 13.2. The molecule has 1 amide bonds. The number of fused-ring (bicyclic) bond motifs is 1. The van der Waals surface area contributed by atoms with Crippen molar-refractivity contribution >= 4 is 45.9 Å². The average Bonchev–Trinajstić information content (AvgIpc) is 2.78. The van der Waals surface area contributed by atoms with Crippen LogP contribution in [0, 0.1) is 18.3 Å². The van der Waals surface area contributed by atoms with Gasteiger partial charge in [-0.1, -0.05) is 35.5 Å². The minimum atomic E-state index is -0.304. The van der Waals surface area contributed by atoms with E-state index in [9.17, 15) is 9.59 Å². The molecule has 158 valence electrons. The fourth-order valence-corrected chi connectivity index (χ4v) is 4.09. The summed E-state index contributed by atoms with van der Waals surface area (Å²) in [4.78, 5) is 34.7. The second-order valence-corrected chi connectivity index (χ2v) is 8.24. The first-order valence-electron chi connectivity index (χ1n) is 9.53. The van der Waals surface area contributed by atoms with Crippen LogP contribution in [0.5, 0.6) is 0 Å². The number of hydrogen-bond donors (Lipinski definition) is 1. The summed E-state index contributed by atoms with van der Waals surface area (Å²) < 4.78 is 1.42. The number of anilines is 1. The minimum absolute atomic E-state index is 0.00815. The molecule has 2 aromatic carbocycles. The highest BCUT2D eigenvalue weighted by atomic mass is 35.5. The van der Waals surface area contributed by atoms with Crippen LogP contribution in [-0.4, -0.2) is 26.2 Å². The average molecular weight is 462 g/mol. The fourth-order valence-electron chi connectivity index (χ4n) is 3.06. The minimum Gasteiger partial charge on any atom is -0.325 e. The molecule has 7 nitrogen and oxygen atoms in total. The van der Waals surface area contributed by atoms with Gasteiger partial charge in [0.2, 0.25) is 5.91 Å². The highest BCUT2D eigenvalue weighted by Crippen LogP contribution is 2.23. The number of pyridine rings is 1. The van der Waals surface area contributed by atoms with E-state index in [1.165, 1.54) is 16.7 Å². The van der Waals surface area contributed by atoms with Crippen LogP contribution < -0.4 is 10.9 Å². The maximum Gasteiger partial charge on any atom is 0.267 e. The molecular formula is C23H16ClN5O2S. The van der Waals surface area contributed by atoms with Gasteiger partial charge in [-0.3, -0.25) is 9.59 Å². The first-order chi connectivity index (χ1) is 15.5. The fraction of sp³-hybridized carbons (Fsp3) is 0.0870. The lowest BCUT2D eigenvalue weighted by molar-refractivity contribution is -0.113. The van der Waals surface area contributed by atoms with Crippen LogP contribution in [0.2, 0.25) is 5.02 Å². The number of hydrogen-bond acceptors (Lipinski definition) is 6. The molecule has 2 heterocycles. The molecule has 0 aliphatic heterocycles. The molecule has 4 aromatic rings. The molecule has 1 N–H and O–H groups in total. The summed E-state index contributed by atoms with van der Waals surface area (Å²) in [5.41, 5.74) is 2.04. The zero-order valence-corrected chi connectivity index (χ0v) is 18.4. The number of aryl methyl sites for hydroxylation is 1. The van der Waals surface area contributed by atoms with Crippen LogP contribution in [0.4, 0.5) is 5.69 Å². The summed E-state index contributed by atoms with van der Waals surface area (Å²) in [5.74, 6) is 0.144. The van der Waals surface area contributed by atoms with E-state index in [0.29, 0.717) is 33.1 Å². The van der Waals surface area contributed by atoms with Gasteiger partial charge in [0, 0.05) is 11.9 Å². The molecular weight excluding hydrogens is 446 g/mol. The van der Waals surface area contributed by atoms with Crippen LogP contribution in [0.15, 0.2) is 70.7 Å². The number of amides is 1. The lowest BCUT2D eigenvalue weighted by Crippen LogP contribution is -2.23. The molecule has 0 aliphatic rings. The second kappa shape index (κ2) is 9.22. The third-order valence-corrected chi connectivity index (χ3v) is 5.83. The Bertz CT molecular complexity index is 1440. The number of nitriles is 1. The summed E-state index contributed by atoms with van der Waals surface area (Å²) in [5, 5.41) is 12.8. The van der Waals surface area contributed by atoms with Gasteiger partial charge in [-0.05, 0) is 55.0 Å². The van der Waals surface area contributed by atoms with E-state index in [2.05, 4.69) is 15.3 Å². The van der Waals surface area contributed by atoms with Crippen LogP contribution in [0.25, 0.3) is 16.7 Å². The molecule has 32 heavy (non-hydrogen) atoms. The number of carbonyl (C=O) groups excluding carboxylic acids is 1. The predicted octanol–water partition coefficient (Wildman–Crippen LogP) is 4.35. The van der Waals surface area contributed by atoms with Gasteiger partial charge in [-0.2, -0.15) is 5.26 Å². The Labute approximate surface area is 192 Å². The van der Waals surface area contributed by atoms with Crippen molar-refractivity contribution in [2.75, 3.05) is 11.1 Å². The smallest absolute Gasteiger partial charge is 0.267 e. The zero-order valence-electron chi connectivity index (χ0n) is 16.9. The van der Waals surface area contributed by atoms with Gasteiger partial charge in [0.1, 0.15) is 11.9 Å². The standard InChI is InChI=1S/C23H16ClN5O2S/c1-14-8-9-26-20(10-14)29-22(31)17-4-2-3-5-19(17)28-23(29)32-13-21(30)27-16-7-6-15(12-25)18(24)11-16/h2-11H,13H2,1H3,(H,27,30). The number of thioether (sulfide) groups is 1. The molecule has 4 rings (SSSR count). The molecule has 9 heteroatoms. The van der Waals surface area contributed by atoms with E-state index in [4.69, 9.17) is 16.9 Å². The largest absolute Gasteiger partial charge is 0.325 e. The van der Waals surface area contributed by atoms with E-state index >= 15 is 0 Å². The van der Waals surface area contributed by atoms with E-state index < -0.39 is 0 Å². The van der Waals surface area contributed by atoms with Crippen LogP contribution in [0.1, 0.15) is 11.1 Å². The predicted molar refractivity (Wildman–Crippen MR) is 125 cm³/mol. The van der Waals surface area contributed by atoms with Crippen molar-refractivity contribution in [1.82, 2.24) is 14.5 Å². The van der Waals surface area contributed by atoms with E-state index in [0.717, 1.165) is 17.3 Å². The van der Waals surface area contributed by atoms with E-state index in [-0.39, 0.29) is 22.2 Å². The Morgan fingerprint density at radius 1 is 1.22 bits per heavy atom. The number of aromatic nitrogens is 3. The molecule has 2 aromatic heterocycles. The number of nitrogens with zero attached hydrogens (tertiary/aromatic N) is 4. The van der Waals surface area contributed by atoms with E-state index in [1.807, 2.05) is 19.1 Å². The maximum absolute atomic E-state index is 13.2. The second-order valence-electron chi connectivity index (χ2n) is 6.89. The van der Waals surface area contributed by atoms with Crippen LogP contribution >= 0.6 is 23.4 Å². The van der Waals surface area contributed by atoms with Crippen molar-refractivity contribution in [3.63, 3.8) is 0 Å². The van der Waals surface area contributed by atoms with Crippen molar-refractivity contribution < 1.29 is 4.79 Å². The highest BCUT2D eigenvalue weighted by molar-refractivity contribution is 7.99. The van der Waals surface area contributed by atoms with Gasteiger partial charge in [-0.25, -0.2) is 14.5 Å². The van der Waals surface area contributed by atoms with Crippen LogP contribution in [-0.2, 0) is 4.79 Å². The molecule has 0 atom stereocenters. The van der Waals surface area contributed by atoms with Crippen LogP contribution in [0.3, 0.4) is 0 Å². The highest BCUT2D eigenvalue weighted by Gasteiger charge is 2.16. The lowest BCUT2D eigenvalue weighted by atomic mass is 10.2. The monoisotopic (exact) mass is 461 g/mol. The third-order valence-electron chi connectivity index (χ3n) is 4.58. The van der Waals surface area contributed by atoms with Gasteiger partial charge in [0.15, 0.2) is 5.16 Å². The lowest BCUT2D eigenvalue weighted by Gasteiger charge is -2.13. The summed E-state index contributed by atoms with van der Waals surface area (Å²) in [7, 11) is 0. The van der Waals surface area contributed by atoms with Crippen molar-refractivity contribution in [3.05, 3.63) is 87.3 Å². The summed E-state index contributed by atoms with van der Waals surface area (Å²) in [6, 6.07) is 17.3. The molecule has 0 fully saturated rings. The number of benzene rings is 2. The Morgan fingerprint density at radius 3 is 2.78 bits per heavy atom. The first kappa shape index (κ1) is 21.6. The quantitative estimate of drug-likeness (QED) is 0.350. The van der Waals surface area contributed by atoms with Gasteiger partial charge >= 0.3 is 0 Å². The summed E-state index contributed by atoms with van der Waals surface area (Å²) >= 11 is 7.16. The topological polar surface area (TPSA) is 101 Å². The van der Waals surface area contributed by atoms with Gasteiger partial charge in [-0.15, -0.1) is 0 Å². The van der Waals surface area contributed by atoms with Crippen molar-refractivity contribution in [1.29, 1.82) is 5.26 Å². The normalized spacial score (nSPS) is 10.7. The van der Waals surface area contributed by atoms with Gasteiger partial charge in [0.05, 0.1) is 27.2 Å². The number of nitrogens with one attached hydrogen (secondary N) is 1. The van der Waals surface area contributed by atoms with Gasteiger partial charge < -0.3 is 5.32 Å². The number of halogens is 1. The molecule has 0 bridgehead atoms. The Morgan fingerprint density at radius 2 is 2.03 bits per heavy atom. The molecule has 0 radical (unpaired) electrons. The first-order valence-corrected chi connectivity index (χ1v) is 10.9. The molecule has 0 spiro atoms. The molecule has 0 unspecified atom stereocenters. The third kappa shape index (κ3) is 4.49. The number of para-hydroxylation sites is 1. The Hall–Kier alpha value is -3.67. The van der Waals surface area contributed by atoms with Crippen molar-refractivity contribution in [2.24, 2.45) is 0 Å². The van der Waals surface area contributed by atoms with Crippen molar-refractivity contribution in [2.45, 2.75) is 12.1 Å². The zero-order chi connectivity index (χ0) is 22.7. The summed E-state index contributed by atoms with van der Waals surface area (Å²) in [6.45, 7) is 1.91. The number of carbonyl (C=O) groups is 1. The molecule has 0 saturated heterocycles. The molecule has 0 aliphatic carbocycles. The SMILES string of the molecule is Cc1ccnc(-n2c(SCC(=O)Nc3ccc(C#N)c(Cl)c3)nc3ccccc3c2=O)c1. The summed E-state index contributed by atoms with van der Waals surface area (Å²) in [6.07, 6.45) is 1.63. The number of rotatable bonds is 5. The van der Waals surface area contributed by atoms with Crippen molar-refractivity contribution in [3.8, 4) is 11.9 Å². The van der Waals surface area contributed by atoms with E-state index in [1.54, 1.807) is 42.6 Å².